The number of halogens is 1. The number of aromatic nitrogens is 2. The van der Waals surface area contributed by atoms with Crippen molar-refractivity contribution in [3.8, 4) is 0 Å². The Kier molecular flexibility index (Phi) is 6.85. The lowest BCUT2D eigenvalue weighted by Gasteiger charge is -2.12. The zero-order valence-corrected chi connectivity index (χ0v) is 17.4. The first kappa shape index (κ1) is 20.5. The standard InChI is InChI=1S/C20H22FN3O2S2/c1-13(2)7-9-22-17(25)12-28-20-23-16-8-10-27-18(16)19(26)24(20)11-14-3-5-15(21)6-4-14/h3-6,8,10,13H,7,9,11-12H2,1-2H3,(H,22,25). The van der Waals surface area contributed by atoms with Crippen LogP contribution in [-0.4, -0.2) is 27.8 Å². The lowest BCUT2D eigenvalue weighted by atomic mass is 10.1. The molecule has 5 nitrogen and oxygen atoms in total. The third-order valence-electron chi connectivity index (χ3n) is 4.16. The summed E-state index contributed by atoms with van der Waals surface area (Å²) in [5, 5.41) is 5.21. The van der Waals surface area contributed by atoms with Crippen LogP contribution in [0.25, 0.3) is 10.2 Å². The molecule has 0 radical (unpaired) electrons. The van der Waals surface area contributed by atoms with E-state index >= 15 is 0 Å². The molecule has 3 aromatic rings. The molecule has 0 bridgehead atoms. The third-order valence-corrected chi connectivity index (χ3v) is 6.03. The number of rotatable bonds is 8. The van der Waals surface area contributed by atoms with E-state index in [-0.39, 0.29) is 29.6 Å². The minimum atomic E-state index is -0.324. The van der Waals surface area contributed by atoms with Crippen molar-refractivity contribution in [2.24, 2.45) is 5.92 Å². The number of nitrogens with zero attached hydrogens (tertiary/aromatic N) is 2. The predicted octanol–water partition coefficient (Wildman–Crippen LogP) is 3.90. The van der Waals surface area contributed by atoms with Gasteiger partial charge in [-0.15, -0.1) is 11.3 Å². The molecule has 0 spiro atoms. The summed E-state index contributed by atoms with van der Waals surface area (Å²) in [6.45, 7) is 5.12. The maximum atomic E-state index is 13.2. The van der Waals surface area contributed by atoms with Gasteiger partial charge in [0, 0.05) is 6.54 Å². The lowest BCUT2D eigenvalue weighted by Crippen LogP contribution is -2.28. The highest BCUT2D eigenvalue weighted by Crippen LogP contribution is 2.21. The van der Waals surface area contributed by atoms with Crippen LogP contribution in [0.1, 0.15) is 25.8 Å². The normalized spacial score (nSPS) is 11.3. The van der Waals surface area contributed by atoms with Crippen molar-refractivity contribution < 1.29 is 9.18 Å². The highest BCUT2D eigenvalue weighted by Gasteiger charge is 2.14. The van der Waals surface area contributed by atoms with Gasteiger partial charge in [-0.25, -0.2) is 9.37 Å². The van der Waals surface area contributed by atoms with Gasteiger partial charge in [0.1, 0.15) is 10.5 Å². The van der Waals surface area contributed by atoms with Crippen LogP contribution in [0.3, 0.4) is 0 Å². The maximum Gasteiger partial charge on any atom is 0.272 e. The molecule has 148 valence electrons. The molecule has 0 aliphatic heterocycles. The number of fused-ring (bicyclic) bond motifs is 1. The zero-order valence-electron chi connectivity index (χ0n) is 15.8. The molecule has 1 amide bonds. The second-order valence-corrected chi connectivity index (χ2v) is 8.73. The van der Waals surface area contributed by atoms with Crippen LogP contribution in [0.2, 0.25) is 0 Å². The summed E-state index contributed by atoms with van der Waals surface area (Å²) >= 11 is 2.58. The van der Waals surface area contributed by atoms with Gasteiger partial charge in [-0.2, -0.15) is 0 Å². The molecule has 0 aliphatic rings. The first-order chi connectivity index (χ1) is 13.4. The Bertz CT molecular complexity index is 1010. The maximum absolute atomic E-state index is 13.2. The van der Waals surface area contributed by atoms with Crippen molar-refractivity contribution in [1.82, 2.24) is 14.9 Å². The summed E-state index contributed by atoms with van der Waals surface area (Å²) < 4.78 is 15.3. The molecule has 0 atom stereocenters. The van der Waals surface area contributed by atoms with E-state index in [1.54, 1.807) is 22.8 Å². The summed E-state index contributed by atoms with van der Waals surface area (Å²) in [4.78, 5) is 29.6. The molecule has 28 heavy (non-hydrogen) atoms. The number of benzene rings is 1. The first-order valence-corrected chi connectivity index (χ1v) is 10.9. The molecule has 3 rings (SSSR count). The van der Waals surface area contributed by atoms with Crippen molar-refractivity contribution in [2.75, 3.05) is 12.3 Å². The van der Waals surface area contributed by atoms with Crippen molar-refractivity contribution in [2.45, 2.75) is 32.0 Å². The van der Waals surface area contributed by atoms with Crippen LogP contribution >= 0.6 is 23.1 Å². The van der Waals surface area contributed by atoms with Crippen molar-refractivity contribution in [1.29, 1.82) is 0 Å². The van der Waals surface area contributed by atoms with Crippen LogP contribution in [0, 0.1) is 11.7 Å². The topological polar surface area (TPSA) is 64.0 Å². The summed E-state index contributed by atoms with van der Waals surface area (Å²) in [6, 6.07) is 7.83. The molecule has 0 saturated carbocycles. The smallest absolute Gasteiger partial charge is 0.272 e. The number of thioether (sulfide) groups is 1. The van der Waals surface area contributed by atoms with Gasteiger partial charge in [0.25, 0.3) is 5.56 Å². The largest absolute Gasteiger partial charge is 0.355 e. The average molecular weight is 420 g/mol. The molecule has 0 saturated heterocycles. The summed E-state index contributed by atoms with van der Waals surface area (Å²) in [6.07, 6.45) is 0.921. The van der Waals surface area contributed by atoms with E-state index in [0.717, 1.165) is 12.0 Å². The quantitative estimate of drug-likeness (QED) is 0.444. The molecule has 8 heteroatoms. The van der Waals surface area contributed by atoms with E-state index < -0.39 is 0 Å². The SMILES string of the molecule is CC(C)CCNC(=O)CSc1nc2ccsc2c(=O)n1Cc1ccc(F)cc1. The Hall–Kier alpha value is -2.19. The molecule has 0 unspecified atom stereocenters. The second-order valence-electron chi connectivity index (χ2n) is 6.87. The lowest BCUT2D eigenvalue weighted by molar-refractivity contribution is -0.118. The van der Waals surface area contributed by atoms with Gasteiger partial charge >= 0.3 is 0 Å². The minimum Gasteiger partial charge on any atom is -0.355 e. The number of nitrogens with one attached hydrogen (secondary N) is 1. The van der Waals surface area contributed by atoms with E-state index in [1.165, 1.54) is 35.2 Å². The summed E-state index contributed by atoms with van der Waals surface area (Å²) in [5.74, 6) is 0.301. The van der Waals surface area contributed by atoms with Crippen LogP contribution in [0.5, 0.6) is 0 Å². The fourth-order valence-corrected chi connectivity index (χ4v) is 4.23. The number of carbonyl (C=O) groups excluding carboxylic acids is 1. The van der Waals surface area contributed by atoms with Crippen LogP contribution in [-0.2, 0) is 11.3 Å². The Labute approximate surface area is 171 Å². The molecule has 2 aromatic heterocycles. The van der Waals surface area contributed by atoms with Crippen molar-refractivity contribution in [3.63, 3.8) is 0 Å². The van der Waals surface area contributed by atoms with Crippen molar-refractivity contribution >= 4 is 39.2 Å². The predicted molar refractivity (Wildman–Crippen MR) is 113 cm³/mol. The number of amides is 1. The van der Waals surface area contributed by atoms with E-state index in [4.69, 9.17) is 0 Å². The molecule has 1 N–H and O–H groups in total. The monoisotopic (exact) mass is 419 g/mol. The van der Waals surface area contributed by atoms with Gasteiger partial charge in [-0.3, -0.25) is 14.2 Å². The molecule has 0 aliphatic carbocycles. The van der Waals surface area contributed by atoms with E-state index in [1.807, 2.05) is 5.38 Å². The van der Waals surface area contributed by atoms with Gasteiger partial charge in [-0.1, -0.05) is 37.7 Å². The van der Waals surface area contributed by atoms with Gasteiger partial charge in [0.2, 0.25) is 5.91 Å². The third kappa shape index (κ3) is 5.20. The number of hydrogen-bond acceptors (Lipinski definition) is 5. The number of carbonyl (C=O) groups is 1. The minimum absolute atomic E-state index is 0.0846. The highest BCUT2D eigenvalue weighted by molar-refractivity contribution is 7.99. The van der Waals surface area contributed by atoms with E-state index in [0.29, 0.717) is 27.8 Å². The highest BCUT2D eigenvalue weighted by atomic mass is 32.2. The molecule has 2 heterocycles. The number of thiophene rings is 1. The van der Waals surface area contributed by atoms with Gasteiger partial charge in [0.15, 0.2) is 5.16 Å². The zero-order chi connectivity index (χ0) is 20.1. The fraction of sp³-hybridized carbons (Fsp3) is 0.350. The Morgan fingerprint density at radius 1 is 1.29 bits per heavy atom. The average Bonchev–Trinajstić information content (AvgIpc) is 3.13. The Morgan fingerprint density at radius 2 is 2.04 bits per heavy atom. The van der Waals surface area contributed by atoms with E-state index in [9.17, 15) is 14.0 Å². The Morgan fingerprint density at radius 3 is 2.75 bits per heavy atom. The fourth-order valence-electron chi connectivity index (χ4n) is 2.63. The van der Waals surface area contributed by atoms with Gasteiger partial charge < -0.3 is 5.32 Å². The van der Waals surface area contributed by atoms with Crippen LogP contribution in [0.4, 0.5) is 4.39 Å². The summed E-state index contributed by atoms with van der Waals surface area (Å²) in [5.41, 5.74) is 1.28. The van der Waals surface area contributed by atoms with Gasteiger partial charge in [-0.05, 0) is 41.5 Å². The molecule has 1 aromatic carbocycles. The Balaban J connectivity index is 1.80. The number of hydrogen-bond donors (Lipinski definition) is 1. The van der Waals surface area contributed by atoms with Crippen molar-refractivity contribution in [3.05, 3.63) is 57.4 Å². The van der Waals surface area contributed by atoms with Crippen LogP contribution < -0.4 is 10.9 Å². The molecular weight excluding hydrogens is 397 g/mol. The molecular formula is C20H22FN3O2S2. The molecule has 0 fully saturated rings. The first-order valence-electron chi connectivity index (χ1n) is 9.06. The summed E-state index contributed by atoms with van der Waals surface area (Å²) in [7, 11) is 0. The van der Waals surface area contributed by atoms with Crippen LogP contribution in [0.15, 0.2) is 45.7 Å². The van der Waals surface area contributed by atoms with E-state index in [2.05, 4.69) is 24.1 Å². The van der Waals surface area contributed by atoms with Gasteiger partial charge in [0.05, 0.1) is 17.8 Å². The second kappa shape index (κ2) is 9.34.